The van der Waals surface area contributed by atoms with Gasteiger partial charge in [-0.1, -0.05) is 72.3 Å². The number of Topliss-reactive ketones (excluding diaryl/α,β-unsaturated/α-hetero) is 2. The van der Waals surface area contributed by atoms with E-state index in [0.29, 0.717) is 33.1 Å². The predicted octanol–water partition coefficient (Wildman–Crippen LogP) is 6.20. The Morgan fingerprint density at radius 1 is 0.878 bits per heavy atom. The molecule has 1 fully saturated rings. The summed E-state index contributed by atoms with van der Waals surface area (Å²) in [5.41, 5.74) is 2.48. The molecule has 3 heterocycles. The fraction of sp³-hybridized carbons (Fsp3) is 0.147. The number of benzene rings is 4. The normalized spacial score (nSPS) is 23.5. The summed E-state index contributed by atoms with van der Waals surface area (Å²) in [5, 5.41) is 3.55. The molecule has 0 unspecified atom stereocenters. The lowest BCUT2D eigenvalue weighted by Crippen LogP contribution is -2.51. The Bertz CT molecular complexity index is 1760. The lowest BCUT2D eigenvalue weighted by Gasteiger charge is -2.37. The molecule has 0 saturated carbocycles. The molecular formula is C34H25ClN2O4. The molecule has 6 nitrogen and oxygen atoms in total. The Balaban J connectivity index is 1.53. The molecule has 4 atom stereocenters. The number of ketones is 2. The largest absolute Gasteiger partial charge is 0.497 e. The van der Waals surface area contributed by atoms with Crippen molar-refractivity contribution in [2.75, 3.05) is 17.3 Å². The lowest BCUT2D eigenvalue weighted by molar-refractivity contribution is -0.121. The average molecular weight is 561 g/mol. The van der Waals surface area contributed by atoms with Crippen molar-refractivity contribution in [2.45, 2.75) is 17.5 Å². The van der Waals surface area contributed by atoms with Crippen molar-refractivity contribution in [1.82, 2.24) is 0 Å². The second-order valence-electron chi connectivity index (χ2n) is 10.5. The zero-order valence-electron chi connectivity index (χ0n) is 22.1. The molecule has 1 amide bonds. The molecule has 0 aromatic heterocycles. The summed E-state index contributed by atoms with van der Waals surface area (Å²) in [6, 6.07) is 27.2. The van der Waals surface area contributed by atoms with Crippen LogP contribution in [-0.2, 0) is 10.2 Å². The third kappa shape index (κ3) is 3.60. The van der Waals surface area contributed by atoms with Crippen LogP contribution in [0.15, 0.2) is 103 Å². The lowest BCUT2D eigenvalue weighted by atomic mass is 9.64. The first kappa shape index (κ1) is 25.3. The SMILES string of the molecule is COc1cccc(C(=O)[C@@H]2[C@@H](C(=O)c3ccc(Cl)cc3)N3c4ccccc4C=C[C@@H]3[C@@]23C(=O)Nc2ccccc23)c1. The molecule has 4 aromatic carbocycles. The van der Waals surface area contributed by atoms with Crippen LogP contribution in [0.5, 0.6) is 5.75 Å². The monoisotopic (exact) mass is 560 g/mol. The number of fused-ring (bicyclic) bond motifs is 6. The molecule has 1 saturated heterocycles. The van der Waals surface area contributed by atoms with Gasteiger partial charge in [-0.2, -0.15) is 0 Å². The first-order valence-corrected chi connectivity index (χ1v) is 13.8. The minimum Gasteiger partial charge on any atom is -0.497 e. The van der Waals surface area contributed by atoms with Crippen LogP contribution in [0.25, 0.3) is 6.08 Å². The number of hydrogen-bond donors (Lipinski definition) is 1. The first-order chi connectivity index (χ1) is 19.9. The number of nitrogens with zero attached hydrogens (tertiary/aromatic N) is 1. The van der Waals surface area contributed by atoms with E-state index in [1.807, 2.05) is 65.6 Å². The molecule has 7 heteroatoms. The summed E-state index contributed by atoms with van der Waals surface area (Å²) in [6.07, 6.45) is 3.94. The number of anilines is 2. The highest BCUT2D eigenvalue weighted by molar-refractivity contribution is 6.30. The third-order valence-corrected chi connectivity index (χ3v) is 8.83. The maximum atomic E-state index is 14.8. The van der Waals surface area contributed by atoms with Crippen LogP contribution < -0.4 is 15.0 Å². The highest BCUT2D eigenvalue weighted by Crippen LogP contribution is 2.58. The smallest absolute Gasteiger partial charge is 0.238 e. The van der Waals surface area contributed by atoms with E-state index in [2.05, 4.69) is 5.32 Å². The minimum absolute atomic E-state index is 0.257. The van der Waals surface area contributed by atoms with Gasteiger partial charge in [-0.15, -0.1) is 0 Å². The van der Waals surface area contributed by atoms with Crippen molar-refractivity contribution < 1.29 is 19.1 Å². The summed E-state index contributed by atoms with van der Waals surface area (Å²) >= 11 is 6.17. The van der Waals surface area contributed by atoms with Crippen molar-refractivity contribution in [3.05, 3.63) is 130 Å². The molecule has 4 aromatic rings. The summed E-state index contributed by atoms with van der Waals surface area (Å²) in [4.78, 5) is 45.8. The van der Waals surface area contributed by atoms with Crippen LogP contribution in [0.1, 0.15) is 31.8 Å². The highest BCUT2D eigenvalue weighted by atomic mass is 35.5. The second kappa shape index (κ2) is 9.46. The standard InChI is InChI=1S/C34H25ClN2O4/c1-41-24-9-6-8-22(19-24)31(38)29-30(32(39)21-13-16-23(35)17-14-21)37-27-12-5-2-7-20(27)15-18-28(37)34(29)25-10-3-4-11-26(25)36-33(34)40/h2-19,28-30H,1H3,(H,36,40)/t28-,29+,30+,34-/m1/s1. The van der Waals surface area contributed by atoms with Gasteiger partial charge in [0.15, 0.2) is 11.6 Å². The Hall–Kier alpha value is -4.68. The van der Waals surface area contributed by atoms with Crippen molar-refractivity contribution in [3.63, 3.8) is 0 Å². The van der Waals surface area contributed by atoms with Gasteiger partial charge in [0.25, 0.3) is 0 Å². The van der Waals surface area contributed by atoms with E-state index in [0.717, 1.165) is 11.3 Å². The third-order valence-electron chi connectivity index (χ3n) is 8.58. The molecule has 3 aliphatic rings. The van der Waals surface area contributed by atoms with Gasteiger partial charge >= 0.3 is 0 Å². The number of ether oxygens (including phenoxy) is 1. The zero-order chi connectivity index (χ0) is 28.3. The summed E-state index contributed by atoms with van der Waals surface area (Å²) in [6.45, 7) is 0. The van der Waals surface area contributed by atoms with E-state index >= 15 is 0 Å². The van der Waals surface area contributed by atoms with Gasteiger partial charge in [0.2, 0.25) is 5.91 Å². The number of amides is 1. The van der Waals surface area contributed by atoms with Crippen molar-refractivity contribution in [2.24, 2.45) is 5.92 Å². The topological polar surface area (TPSA) is 75.7 Å². The molecule has 0 bridgehead atoms. The van der Waals surface area contributed by atoms with Crippen LogP contribution in [0.2, 0.25) is 5.02 Å². The number of nitrogens with one attached hydrogen (secondary N) is 1. The van der Waals surface area contributed by atoms with Crippen LogP contribution in [0, 0.1) is 5.92 Å². The fourth-order valence-corrected chi connectivity index (χ4v) is 6.99. The van der Waals surface area contributed by atoms with Gasteiger partial charge in [0.05, 0.1) is 19.1 Å². The van der Waals surface area contributed by atoms with Crippen LogP contribution in [-0.4, -0.2) is 36.7 Å². The number of carbonyl (C=O) groups is 3. The predicted molar refractivity (Wildman–Crippen MR) is 159 cm³/mol. The van der Waals surface area contributed by atoms with Gasteiger partial charge in [-0.25, -0.2) is 0 Å². The summed E-state index contributed by atoms with van der Waals surface area (Å²) < 4.78 is 5.43. The van der Waals surface area contributed by atoms with E-state index in [9.17, 15) is 14.4 Å². The maximum absolute atomic E-state index is 14.8. The van der Waals surface area contributed by atoms with Gasteiger partial charge in [0.1, 0.15) is 17.2 Å². The Labute approximate surface area is 242 Å². The summed E-state index contributed by atoms with van der Waals surface area (Å²) in [5.74, 6) is -1.40. The van der Waals surface area contributed by atoms with Crippen LogP contribution in [0.4, 0.5) is 11.4 Å². The molecule has 3 aliphatic heterocycles. The van der Waals surface area contributed by atoms with E-state index in [1.54, 1.807) is 48.5 Å². The molecule has 41 heavy (non-hydrogen) atoms. The van der Waals surface area contributed by atoms with E-state index in [4.69, 9.17) is 16.3 Å². The number of hydrogen-bond acceptors (Lipinski definition) is 5. The highest BCUT2D eigenvalue weighted by Gasteiger charge is 2.70. The molecule has 7 rings (SSSR count). The second-order valence-corrected chi connectivity index (χ2v) is 11.0. The number of methoxy groups -OCH3 is 1. The number of carbonyl (C=O) groups excluding carboxylic acids is 3. The molecule has 0 aliphatic carbocycles. The average Bonchev–Trinajstić information content (AvgIpc) is 3.49. The number of para-hydroxylation sites is 2. The molecule has 202 valence electrons. The fourth-order valence-electron chi connectivity index (χ4n) is 6.86. The minimum atomic E-state index is -1.37. The van der Waals surface area contributed by atoms with E-state index < -0.39 is 23.4 Å². The Morgan fingerprint density at radius 3 is 2.44 bits per heavy atom. The van der Waals surface area contributed by atoms with Crippen molar-refractivity contribution in [1.29, 1.82) is 0 Å². The van der Waals surface area contributed by atoms with Gasteiger partial charge < -0.3 is 15.0 Å². The quantitative estimate of drug-likeness (QED) is 0.294. The van der Waals surface area contributed by atoms with Gasteiger partial charge in [-0.3, -0.25) is 14.4 Å². The molecular weight excluding hydrogens is 536 g/mol. The van der Waals surface area contributed by atoms with Crippen molar-refractivity contribution >= 4 is 46.5 Å². The van der Waals surface area contributed by atoms with Gasteiger partial charge in [0, 0.05) is 27.5 Å². The zero-order valence-corrected chi connectivity index (χ0v) is 22.8. The van der Waals surface area contributed by atoms with Crippen LogP contribution >= 0.6 is 11.6 Å². The Kier molecular flexibility index (Phi) is 5.84. The maximum Gasteiger partial charge on any atom is 0.238 e. The van der Waals surface area contributed by atoms with Crippen molar-refractivity contribution in [3.8, 4) is 5.75 Å². The molecule has 1 N–H and O–H groups in total. The number of halogens is 1. The van der Waals surface area contributed by atoms with Gasteiger partial charge in [-0.05, 0) is 59.7 Å². The van der Waals surface area contributed by atoms with Crippen LogP contribution in [0.3, 0.4) is 0 Å². The summed E-state index contributed by atoms with van der Waals surface area (Å²) in [7, 11) is 1.54. The Morgan fingerprint density at radius 2 is 1.63 bits per heavy atom. The number of rotatable bonds is 5. The van der Waals surface area contributed by atoms with E-state index in [-0.39, 0.29) is 17.5 Å². The van der Waals surface area contributed by atoms with E-state index in [1.165, 1.54) is 7.11 Å². The first-order valence-electron chi connectivity index (χ1n) is 13.4. The molecule has 1 spiro atoms. The molecule has 0 radical (unpaired) electrons.